The Bertz CT molecular complexity index is 1240. The normalized spacial score (nSPS) is 10.9. The molecule has 0 saturated carbocycles. The summed E-state index contributed by atoms with van der Waals surface area (Å²) >= 11 is 1.09. The Labute approximate surface area is 210 Å². The first-order valence-corrected chi connectivity index (χ1v) is 12.6. The molecule has 0 bridgehead atoms. The van der Waals surface area contributed by atoms with Crippen LogP contribution in [0.25, 0.3) is 10.8 Å². The van der Waals surface area contributed by atoms with Crippen molar-refractivity contribution >= 4 is 44.9 Å². The van der Waals surface area contributed by atoms with Gasteiger partial charge in [0.25, 0.3) is 11.8 Å². The van der Waals surface area contributed by atoms with Gasteiger partial charge >= 0.3 is 5.97 Å². The van der Waals surface area contributed by atoms with Gasteiger partial charge in [0.1, 0.15) is 10.8 Å². The summed E-state index contributed by atoms with van der Waals surface area (Å²) in [6.07, 6.45) is -0.352. The second-order valence-corrected chi connectivity index (χ2v) is 9.26. The largest absolute Gasteiger partial charge is 0.493 e. The molecule has 3 aromatic rings. The molecule has 0 fully saturated rings. The van der Waals surface area contributed by atoms with Crippen molar-refractivity contribution in [1.82, 2.24) is 4.90 Å². The van der Waals surface area contributed by atoms with Crippen LogP contribution < -0.4 is 10.1 Å². The van der Waals surface area contributed by atoms with E-state index in [1.807, 2.05) is 51.1 Å². The van der Waals surface area contributed by atoms with Crippen molar-refractivity contribution in [1.29, 1.82) is 0 Å². The number of rotatable bonds is 9. The smallest absolute Gasteiger partial charge is 0.341 e. The predicted octanol–water partition coefficient (Wildman–Crippen LogP) is 5.91. The first kappa shape index (κ1) is 26.2. The van der Waals surface area contributed by atoms with E-state index in [2.05, 4.69) is 5.32 Å². The van der Waals surface area contributed by atoms with E-state index in [4.69, 9.17) is 9.47 Å². The monoisotopic (exact) mass is 496 g/mol. The SMILES string of the molecule is CCOc1ccc2ccccc2c1C(=O)Nc1sc(C(=O)N(CC)CC)c(C)c1C(=O)OC(C)C. The number of hydrogen-bond acceptors (Lipinski definition) is 6. The number of fused-ring (bicyclic) bond motifs is 1. The Kier molecular flexibility index (Phi) is 8.51. The number of nitrogens with one attached hydrogen (secondary N) is 1. The molecule has 0 aliphatic heterocycles. The number of thiophene rings is 1. The second-order valence-electron chi connectivity index (χ2n) is 8.24. The van der Waals surface area contributed by atoms with Crippen molar-refractivity contribution < 1.29 is 23.9 Å². The molecule has 186 valence electrons. The van der Waals surface area contributed by atoms with E-state index in [-0.39, 0.29) is 22.6 Å². The molecule has 0 aliphatic rings. The van der Waals surface area contributed by atoms with Crippen LogP contribution in [-0.2, 0) is 4.74 Å². The zero-order valence-corrected chi connectivity index (χ0v) is 21.9. The van der Waals surface area contributed by atoms with Crippen molar-refractivity contribution in [3.63, 3.8) is 0 Å². The summed E-state index contributed by atoms with van der Waals surface area (Å²) in [6.45, 7) is 12.3. The van der Waals surface area contributed by atoms with Crippen molar-refractivity contribution in [2.75, 3.05) is 25.0 Å². The lowest BCUT2D eigenvalue weighted by atomic mass is 10.0. The lowest BCUT2D eigenvalue weighted by Crippen LogP contribution is -2.30. The van der Waals surface area contributed by atoms with Crippen LogP contribution in [-0.4, -0.2) is 48.5 Å². The molecule has 0 unspecified atom stereocenters. The maximum atomic E-state index is 13.6. The molecule has 0 radical (unpaired) electrons. The van der Waals surface area contributed by atoms with Gasteiger partial charge in [0, 0.05) is 13.1 Å². The number of esters is 1. The summed E-state index contributed by atoms with van der Waals surface area (Å²) in [5, 5.41) is 4.79. The van der Waals surface area contributed by atoms with Gasteiger partial charge in [-0.2, -0.15) is 0 Å². The van der Waals surface area contributed by atoms with Gasteiger partial charge in [-0.05, 0) is 63.9 Å². The number of amides is 2. The number of carbonyl (C=O) groups is 3. The molecule has 0 saturated heterocycles. The summed E-state index contributed by atoms with van der Waals surface area (Å²) < 4.78 is 11.2. The lowest BCUT2D eigenvalue weighted by molar-refractivity contribution is 0.0379. The first-order chi connectivity index (χ1) is 16.7. The average Bonchev–Trinajstić information content (AvgIpc) is 3.14. The minimum absolute atomic E-state index is 0.184. The maximum Gasteiger partial charge on any atom is 0.341 e. The summed E-state index contributed by atoms with van der Waals surface area (Å²) in [4.78, 5) is 41.9. The van der Waals surface area contributed by atoms with Crippen LogP contribution in [0.2, 0.25) is 0 Å². The Balaban J connectivity index is 2.12. The lowest BCUT2D eigenvalue weighted by Gasteiger charge is -2.18. The summed E-state index contributed by atoms with van der Waals surface area (Å²) in [5.41, 5.74) is 1.07. The topological polar surface area (TPSA) is 84.9 Å². The fourth-order valence-corrected chi connectivity index (χ4v) is 5.06. The van der Waals surface area contributed by atoms with Crippen LogP contribution in [0.15, 0.2) is 36.4 Å². The third-order valence-corrected chi connectivity index (χ3v) is 6.78. The van der Waals surface area contributed by atoms with E-state index < -0.39 is 11.9 Å². The molecule has 1 N–H and O–H groups in total. The molecule has 1 aromatic heterocycles. The van der Waals surface area contributed by atoms with Crippen molar-refractivity contribution in [2.24, 2.45) is 0 Å². The summed E-state index contributed by atoms with van der Waals surface area (Å²) in [7, 11) is 0. The molecular weight excluding hydrogens is 464 g/mol. The first-order valence-electron chi connectivity index (χ1n) is 11.8. The standard InChI is InChI=1S/C27H32N2O5S/c1-7-29(8-2)26(31)23-17(6)21(27(32)34-16(4)5)25(35-23)28-24(30)22-19-13-11-10-12-18(19)14-15-20(22)33-9-3/h10-16H,7-9H2,1-6H3,(H,28,30). The zero-order chi connectivity index (χ0) is 25.7. The molecule has 8 heteroatoms. The number of nitrogens with zero attached hydrogens (tertiary/aromatic N) is 1. The molecule has 3 rings (SSSR count). The Morgan fingerprint density at radius 3 is 2.31 bits per heavy atom. The fraction of sp³-hybridized carbons (Fsp3) is 0.370. The molecule has 0 atom stereocenters. The van der Waals surface area contributed by atoms with Crippen molar-refractivity contribution in [2.45, 2.75) is 47.6 Å². The van der Waals surface area contributed by atoms with E-state index in [0.29, 0.717) is 41.4 Å². The summed E-state index contributed by atoms with van der Waals surface area (Å²) in [6, 6.07) is 11.2. The van der Waals surface area contributed by atoms with Crippen LogP contribution in [0, 0.1) is 6.92 Å². The molecule has 2 amide bonds. The molecular formula is C27H32N2O5S. The molecule has 2 aromatic carbocycles. The van der Waals surface area contributed by atoms with Crippen LogP contribution in [0.3, 0.4) is 0 Å². The second kappa shape index (κ2) is 11.4. The van der Waals surface area contributed by atoms with E-state index in [1.54, 1.807) is 31.7 Å². The Hall–Kier alpha value is -3.39. The van der Waals surface area contributed by atoms with Gasteiger partial charge in [-0.15, -0.1) is 11.3 Å². The molecule has 0 spiro atoms. The Morgan fingerprint density at radius 2 is 1.69 bits per heavy atom. The number of anilines is 1. The van der Waals surface area contributed by atoms with Crippen molar-refractivity contribution in [3.8, 4) is 5.75 Å². The number of hydrogen-bond donors (Lipinski definition) is 1. The highest BCUT2D eigenvalue weighted by Gasteiger charge is 2.29. The van der Waals surface area contributed by atoms with E-state index in [0.717, 1.165) is 22.1 Å². The molecule has 35 heavy (non-hydrogen) atoms. The van der Waals surface area contributed by atoms with Gasteiger partial charge in [-0.1, -0.05) is 30.3 Å². The van der Waals surface area contributed by atoms with Gasteiger partial charge in [0.15, 0.2) is 0 Å². The fourth-order valence-electron chi connectivity index (χ4n) is 3.91. The number of ether oxygens (including phenoxy) is 2. The van der Waals surface area contributed by atoms with Gasteiger partial charge in [-0.25, -0.2) is 4.79 Å². The number of carbonyl (C=O) groups excluding carboxylic acids is 3. The van der Waals surface area contributed by atoms with Gasteiger partial charge in [-0.3, -0.25) is 9.59 Å². The molecule has 0 aliphatic carbocycles. The van der Waals surface area contributed by atoms with E-state index >= 15 is 0 Å². The maximum absolute atomic E-state index is 13.6. The third kappa shape index (κ3) is 5.48. The molecule has 1 heterocycles. The van der Waals surface area contributed by atoms with Crippen LogP contribution in [0.5, 0.6) is 5.75 Å². The van der Waals surface area contributed by atoms with Gasteiger partial charge in [0.05, 0.1) is 28.7 Å². The van der Waals surface area contributed by atoms with Crippen LogP contribution in [0.1, 0.15) is 70.6 Å². The average molecular weight is 497 g/mol. The van der Waals surface area contributed by atoms with E-state index in [9.17, 15) is 14.4 Å². The highest BCUT2D eigenvalue weighted by molar-refractivity contribution is 7.18. The highest BCUT2D eigenvalue weighted by Crippen LogP contribution is 2.36. The highest BCUT2D eigenvalue weighted by atomic mass is 32.1. The predicted molar refractivity (Wildman–Crippen MR) is 140 cm³/mol. The quantitative estimate of drug-likeness (QED) is 0.372. The van der Waals surface area contributed by atoms with Crippen molar-refractivity contribution in [3.05, 3.63) is 58.0 Å². The minimum Gasteiger partial charge on any atom is -0.493 e. The summed E-state index contributed by atoms with van der Waals surface area (Å²) in [5.74, 6) is -0.739. The van der Waals surface area contributed by atoms with E-state index in [1.165, 1.54) is 0 Å². The van der Waals surface area contributed by atoms with Gasteiger partial charge in [0.2, 0.25) is 0 Å². The van der Waals surface area contributed by atoms with Gasteiger partial charge < -0.3 is 19.7 Å². The van der Waals surface area contributed by atoms with Crippen LogP contribution in [0.4, 0.5) is 5.00 Å². The molecule has 7 nitrogen and oxygen atoms in total. The zero-order valence-electron chi connectivity index (χ0n) is 21.1. The van der Waals surface area contributed by atoms with Crippen LogP contribution >= 0.6 is 11.3 Å². The Morgan fingerprint density at radius 1 is 1.00 bits per heavy atom. The third-order valence-electron chi connectivity index (χ3n) is 5.58. The number of benzene rings is 2. The minimum atomic E-state index is -0.578.